The molecule has 1 aromatic carbocycles. The van der Waals surface area contributed by atoms with Crippen LogP contribution in [0.2, 0.25) is 5.02 Å². The Morgan fingerprint density at radius 3 is 2.67 bits per heavy atom. The molecule has 0 bridgehead atoms. The molecule has 2 N–H and O–H groups in total. The molecule has 94 valence electrons. The summed E-state index contributed by atoms with van der Waals surface area (Å²) < 4.78 is 13.3. The lowest BCUT2D eigenvalue weighted by atomic mass is 10.3. The van der Waals surface area contributed by atoms with Gasteiger partial charge in [-0.05, 0) is 31.2 Å². The highest BCUT2D eigenvalue weighted by Gasteiger charge is 2.02. The summed E-state index contributed by atoms with van der Waals surface area (Å²) in [6.45, 7) is 2.83. The third-order valence-corrected chi connectivity index (χ3v) is 2.63. The van der Waals surface area contributed by atoms with Crippen LogP contribution in [0, 0.1) is 5.82 Å². The molecule has 0 fully saturated rings. The van der Waals surface area contributed by atoms with Gasteiger partial charge in [-0.25, -0.2) is 4.39 Å². The Balaban J connectivity index is 2.17. The fourth-order valence-corrected chi connectivity index (χ4v) is 1.67. The summed E-state index contributed by atoms with van der Waals surface area (Å²) in [5.74, 6) is -0.447. The van der Waals surface area contributed by atoms with Crippen molar-refractivity contribution in [2.45, 2.75) is 6.92 Å². The van der Waals surface area contributed by atoms with Gasteiger partial charge in [0.05, 0.1) is 28.8 Å². The van der Waals surface area contributed by atoms with E-state index >= 15 is 0 Å². The number of rotatable bonds is 4. The zero-order valence-corrected chi connectivity index (χ0v) is 10.6. The maximum atomic E-state index is 13.3. The summed E-state index contributed by atoms with van der Waals surface area (Å²) in [6, 6.07) is 6.48. The number of anilines is 3. The molecule has 2 aromatic rings. The van der Waals surface area contributed by atoms with Crippen LogP contribution in [0.4, 0.5) is 21.5 Å². The fraction of sp³-hybridized carbons (Fsp3) is 0.154. The van der Waals surface area contributed by atoms with Crippen LogP contribution in [-0.2, 0) is 0 Å². The summed E-state index contributed by atoms with van der Waals surface area (Å²) in [7, 11) is 0. The van der Waals surface area contributed by atoms with Crippen LogP contribution >= 0.6 is 11.6 Å². The van der Waals surface area contributed by atoms with Crippen molar-refractivity contribution in [3.63, 3.8) is 0 Å². The molecular formula is C13H13ClFN3. The predicted molar refractivity (Wildman–Crippen MR) is 73.1 cm³/mol. The summed E-state index contributed by atoms with van der Waals surface area (Å²) in [5, 5.41) is 6.34. The van der Waals surface area contributed by atoms with Crippen LogP contribution in [0.25, 0.3) is 0 Å². The van der Waals surface area contributed by atoms with E-state index in [4.69, 9.17) is 11.6 Å². The maximum absolute atomic E-state index is 13.3. The number of aromatic nitrogens is 1. The van der Waals surface area contributed by atoms with Gasteiger partial charge in [0.1, 0.15) is 5.82 Å². The van der Waals surface area contributed by atoms with Gasteiger partial charge in [-0.2, -0.15) is 0 Å². The minimum atomic E-state index is -0.447. The predicted octanol–water partition coefficient (Wildman–Crippen LogP) is 4.05. The van der Waals surface area contributed by atoms with E-state index in [1.165, 1.54) is 12.1 Å². The van der Waals surface area contributed by atoms with Crippen molar-refractivity contribution in [3.8, 4) is 0 Å². The van der Waals surface area contributed by atoms with Crippen LogP contribution in [0.15, 0.2) is 36.7 Å². The molecule has 0 aliphatic carbocycles. The van der Waals surface area contributed by atoms with Gasteiger partial charge in [-0.1, -0.05) is 11.6 Å². The number of hydrogen-bond acceptors (Lipinski definition) is 3. The van der Waals surface area contributed by atoms with Gasteiger partial charge < -0.3 is 10.6 Å². The second-order valence-electron chi connectivity index (χ2n) is 3.75. The number of halogens is 2. The molecule has 0 aliphatic heterocycles. The van der Waals surface area contributed by atoms with Gasteiger partial charge in [0.25, 0.3) is 0 Å². The number of hydrogen-bond donors (Lipinski definition) is 2. The maximum Gasteiger partial charge on any atom is 0.143 e. The van der Waals surface area contributed by atoms with E-state index in [1.807, 2.05) is 13.0 Å². The summed E-state index contributed by atoms with van der Waals surface area (Å²) >= 11 is 5.62. The molecule has 1 heterocycles. The molecule has 0 spiro atoms. The van der Waals surface area contributed by atoms with Crippen molar-refractivity contribution >= 4 is 28.7 Å². The highest BCUT2D eigenvalue weighted by molar-refractivity contribution is 6.30. The van der Waals surface area contributed by atoms with E-state index < -0.39 is 5.82 Å². The molecule has 0 amide bonds. The zero-order valence-electron chi connectivity index (χ0n) is 9.87. The number of pyridine rings is 1. The average Bonchev–Trinajstić information content (AvgIpc) is 2.35. The first-order valence-corrected chi connectivity index (χ1v) is 5.98. The van der Waals surface area contributed by atoms with E-state index in [2.05, 4.69) is 15.6 Å². The number of benzene rings is 1. The molecule has 0 atom stereocenters. The van der Waals surface area contributed by atoms with Crippen LogP contribution in [-0.4, -0.2) is 11.5 Å². The Morgan fingerprint density at radius 1 is 1.17 bits per heavy atom. The van der Waals surface area contributed by atoms with Crippen LogP contribution in [0.5, 0.6) is 0 Å². The topological polar surface area (TPSA) is 37.0 Å². The Hall–Kier alpha value is -1.81. The second-order valence-corrected chi connectivity index (χ2v) is 4.15. The molecule has 3 nitrogen and oxygen atoms in total. The summed E-state index contributed by atoms with van der Waals surface area (Å²) in [5.41, 5.74) is 2.33. The first kappa shape index (κ1) is 12.6. The van der Waals surface area contributed by atoms with Gasteiger partial charge in [0.15, 0.2) is 0 Å². The van der Waals surface area contributed by atoms with Crippen molar-refractivity contribution in [2.24, 2.45) is 0 Å². The highest BCUT2D eigenvalue weighted by atomic mass is 35.5. The molecule has 0 saturated carbocycles. The van der Waals surface area contributed by atoms with Gasteiger partial charge in [0, 0.05) is 12.2 Å². The van der Waals surface area contributed by atoms with Crippen LogP contribution in [0.3, 0.4) is 0 Å². The lowest BCUT2D eigenvalue weighted by Crippen LogP contribution is -1.98. The molecule has 1 aromatic heterocycles. The second kappa shape index (κ2) is 5.69. The third-order valence-electron chi connectivity index (χ3n) is 2.33. The summed E-state index contributed by atoms with van der Waals surface area (Å²) in [4.78, 5) is 4.09. The fourth-order valence-electron chi connectivity index (χ4n) is 1.55. The van der Waals surface area contributed by atoms with Crippen molar-refractivity contribution < 1.29 is 4.39 Å². The van der Waals surface area contributed by atoms with Crippen molar-refractivity contribution in [2.75, 3.05) is 17.2 Å². The van der Waals surface area contributed by atoms with Gasteiger partial charge in [-0.3, -0.25) is 4.98 Å². The SMILES string of the molecule is CCNc1cncc(Nc2ccc(Cl)c(F)c2)c1. The lowest BCUT2D eigenvalue weighted by Gasteiger charge is -2.09. The van der Waals surface area contributed by atoms with E-state index in [0.29, 0.717) is 5.69 Å². The zero-order chi connectivity index (χ0) is 13.0. The molecule has 0 saturated heterocycles. The lowest BCUT2D eigenvalue weighted by molar-refractivity contribution is 0.629. The molecule has 5 heteroatoms. The highest BCUT2D eigenvalue weighted by Crippen LogP contribution is 2.22. The third kappa shape index (κ3) is 3.11. The van der Waals surface area contributed by atoms with Crippen molar-refractivity contribution in [1.29, 1.82) is 0 Å². The van der Waals surface area contributed by atoms with Crippen LogP contribution < -0.4 is 10.6 Å². The molecule has 0 radical (unpaired) electrons. The van der Waals surface area contributed by atoms with Gasteiger partial charge in [0.2, 0.25) is 0 Å². The smallest absolute Gasteiger partial charge is 0.143 e. The minimum Gasteiger partial charge on any atom is -0.384 e. The Kier molecular flexibility index (Phi) is 3.99. The molecule has 0 unspecified atom stereocenters. The molecular weight excluding hydrogens is 253 g/mol. The standard InChI is InChI=1S/C13H13ClFN3/c1-2-17-10-5-11(8-16-7-10)18-9-3-4-12(14)13(15)6-9/h3-8,17-18H,2H2,1H3. The van der Waals surface area contributed by atoms with Crippen molar-refractivity contribution in [3.05, 3.63) is 47.5 Å². The number of nitrogens with one attached hydrogen (secondary N) is 2. The Morgan fingerprint density at radius 2 is 1.94 bits per heavy atom. The Bertz CT molecular complexity index is 546. The van der Waals surface area contributed by atoms with E-state index in [0.717, 1.165) is 17.9 Å². The van der Waals surface area contributed by atoms with Crippen LogP contribution in [0.1, 0.15) is 6.92 Å². The van der Waals surface area contributed by atoms with Gasteiger partial charge in [-0.15, -0.1) is 0 Å². The van der Waals surface area contributed by atoms with E-state index in [9.17, 15) is 4.39 Å². The Labute approximate surface area is 110 Å². The quantitative estimate of drug-likeness (QED) is 0.876. The monoisotopic (exact) mass is 265 g/mol. The number of nitrogens with zero attached hydrogens (tertiary/aromatic N) is 1. The first-order chi connectivity index (χ1) is 8.69. The molecule has 18 heavy (non-hydrogen) atoms. The average molecular weight is 266 g/mol. The molecule has 0 aliphatic rings. The van der Waals surface area contributed by atoms with E-state index in [1.54, 1.807) is 18.5 Å². The van der Waals surface area contributed by atoms with E-state index in [-0.39, 0.29) is 5.02 Å². The largest absolute Gasteiger partial charge is 0.384 e. The van der Waals surface area contributed by atoms with Gasteiger partial charge >= 0.3 is 0 Å². The van der Waals surface area contributed by atoms with Crippen molar-refractivity contribution in [1.82, 2.24) is 4.98 Å². The normalized spacial score (nSPS) is 10.2. The summed E-state index contributed by atoms with van der Waals surface area (Å²) in [6.07, 6.45) is 3.41. The molecule has 2 rings (SSSR count). The minimum absolute atomic E-state index is 0.111. The first-order valence-electron chi connectivity index (χ1n) is 5.60.